The maximum Gasteiger partial charge on any atom is 0.320 e. The van der Waals surface area contributed by atoms with Crippen molar-refractivity contribution in [3.8, 4) is 0 Å². The molecule has 116 valence electrons. The van der Waals surface area contributed by atoms with Gasteiger partial charge in [-0.1, -0.05) is 6.08 Å². The zero-order valence-electron chi connectivity index (χ0n) is 12.7. The average Bonchev–Trinajstić information content (AvgIpc) is 2.71. The lowest BCUT2D eigenvalue weighted by Crippen LogP contribution is -2.37. The number of H-pyrrole nitrogens is 1. The molecule has 0 saturated heterocycles. The van der Waals surface area contributed by atoms with Crippen molar-refractivity contribution >= 4 is 17.6 Å². The van der Waals surface area contributed by atoms with Crippen LogP contribution in [0.5, 0.6) is 0 Å². The van der Waals surface area contributed by atoms with Crippen molar-refractivity contribution in [1.82, 2.24) is 15.1 Å². The first-order chi connectivity index (χ1) is 9.97. The number of carbonyl (C=O) groups is 2. The number of anilines is 1. The van der Waals surface area contributed by atoms with Crippen molar-refractivity contribution in [2.45, 2.75) is 20.8 Å². The normalized spacial score (nSPS) is 10.5. The van der Waals surface area contributed by atoms with Crippen LogP contribution in [0.2, 0.25) is 0 Å². The minimum atomic E-state index is -0.358. The highest BCUT2D eigenvalue weighted by Gasteiger charge is 2.16. The largest absolute Gasteiger partial charge is 0.465 e. The number of amides is 1. The van der Waals surface area contributed by atoms with Crippen molar-refractivity contribution in [1.29, 1.82) is 0 Å². The molecule has 0 unspecified atom stereocenters. The number of rotatable bonds is 8. The molecule has 1 heterocycles. The van der Waals surface area contributed by atoms with Gasteiger partial charge in [0, 0.05) is 6.54 Å². The first kappa shape index (κ1) is 16.9. The minimum Gasteiger partial charge on any atom is -0.465 e. The number of nitrogens with one attached hydrogen (secondary N) is 2. The second kappa shape index (κ2) is 8.21. The van der Waals surface area contributed by atoms with Crippen molar-refractivity contribution in [3.05, 3.63) is 24.0 Å². The number of nitrogens with zero attached hydrogens (tertiary/aromatic N) is 2. The lowest BCUT2D eigenvalue weighted by molar-refractivity contribution is -0.144. The van der Waals surface area contributed by atoms with Gasteiger partial charge in [0.05, 0.1) is 36.8 Å². The molecule has 0 atom stereocenters. The smallest absolute Gasteiger partial charge is 0.320 e. The zero-order chi connectivity index (χ0) is 15.8. The van der Waals surface area contributed by atoms with E-state index in [9.17, 15) is 9.59 Å². The van der Waals surface area contributed by atoms with Gasteiger partial charge in [0.15, 0.2) is 0 Å². The Morgan fingerprint density at radius 2 is 2.14 bits per heavy atom. The molecule has 7 heteroatoms. The summed E-state index contributed by atoms with van der Waals surface area (Å²) in [5.74, 6) is -0.573. The third-order valence-electron chi connectivity index (χ3n) is 2.81. The Kier molecular flexibility index (Phi) is 6.61. The van der Waals surface area contributed by atoms with Crippen LogP contribution < -0.4 is 5.32 Å². The van der Waals surface area contributed by atoms with Gasteiger partial charge in [-0.15, -0.1) is 6.58 Å². The number of hydrogen-bond donors (Lipinski definition) is 2. The van der Waals surface area contributed by atoms with E-state index in [4.69, 9.17) is 4.74 Å². The Morgan fingerprint density at radius 3 is 2.67 bits per heavy atom. The molecule has 0 saturated carbocycles. The lowest BCUT2D eigenvalue weighted by Gasteiger charge is -2.19. The van der Waals surface area contributed by atoms with Gasteiger partial charge in [-0.3, -0.25) is 19.6 Å². The fourth-order valence-corrected chi connectivity index (χ4v) is 1.87. The summed E-state index contributed by atoms with van der Waals surface area (Å²) in [5.41, 5.74) is 2.19. The van der Waals surface area contributed by atoms with E-state index < -0.39 is 0 Å². The summed E-state index contributed by atoms with van der Waals surface area (Å²) in [6.07, 6.45) is 1.64. The standard InChI is InChI=1S/C14H22N4O3/c1-5-7-18(9-13(20)21-6-2)8-12(19)15-14-10(3)16-17-11(14)4/h5H,1,6-9H2,2-4H3,(H,15,19)(H,16,17). The third-order valence-corrected chi connectivity index (χ3v) is 2.81. The predicted octanol–water partition coefficient (Wildman–Crippen LogP) is 1.02. The zero-order valence-corrected chi connectivity index (χ0v) is 12.7. The van der Waals surface area contributed by atoms with Crippen LogP contribution in [0.3, 0.4) is 0 Å². The van der Waals surface area contributed by atoms with Gasteiger partial charge in [0.1, 0.15) is 0 Å². The fraction of sp³-hybridized carbons (Fsp3) is 0.500. The summed E-state index contributed by atoms with van der Waals surface area (Å²) in [6.45, 7) is 9.88. The van der Waals surface area contributed by atoms with Crippen LogP contribution in [0.4, 0.5) is 5.69 Å². The molecule has 0 spiro atoms. The molecule has 0 aromatic carbocycles. The predicted molar refractivity (Wildman–Crippen MR) is 80.0 cm³/mol. The monoisotopic (exact) mass is 294 g/mol. The number of aryl methyl sites for hydroxylation is 2. The summed E-state index contributed by atoms with van der Waals surface area (Å²) in [4.78, 5) is 25.2. The van der Waals surface area contributed by atoms with Gasteiger partial charge in [-0.2, -0.15) is 5.10 Å². The Labute approximate surface area is 124 Å². The highest BCUT2D eigenvalue weighted by molar-refractivity contribution is 5.93. The molecule has 7 nitrogen and oxygen atoms in total. The highest BCUT2D eigenvalue weighted by Crippen LogP contribution is 2.15. The van der Waals surface area contributed by atoms with Crippen LogP contribution >= 0.6 is 0 Å². The first-order valence-corrected chi connectivity index (χ1v) is 6.78. The van der Waals surface area contributed by atoms with Crippen LogP contribution in [0.25, 0.3) is 0 Å². The van der Waals surface area contributed by atoms with Crippen molar-refractivity contribution in [2.75, 3.05) is 31.6 Å². The number of carbonyl (C=O) groups excluding carboxylic acids is 2. The number of aromatic nitrogens is 2. The summed E-state index contributed by atoms with van der Waals surface area (Å²) >= 11 is 0. The van der Waals surface area contributed by atoms with Crippen LogP contribution in [0.1, 0.15) is 18.3 Å². The molecule has 1 aromatic rings. The lowest BCUT2D eigenvalue weighted by atomic mass is 10.3. The maximum atomic E-state index is 12.1. The van der Waals surface area contributed by atoms with E-state index in [2.05, 4.69) is 22.1 Å². The average molecular weight is 294 g/mol. The van der Waals surface area contributed by atoms with E-state index in [1.165, 1.54) is 0 Å². The van der Waals surface area contributed by atoms with Crippen molar-refractivity contribution in [3.63, 3.8) is 0 Å². The molecule has 1 aromatic heterocycles. The Hall–Kier alpha value is -2.15. The van der Waals surface area contributed by atoms with Gasteiger partial charge in [0.2, 0.25) is 5.91 Å². The molecule has 0 aliphatic heterocycles. The van der Waals surface area contributed by atoms with Crippen LogP contribution in [0, 0.1) is 13.8 Å². The van der Waals surface area contributed by atoms with Gasteiger partial charge >= 0.3 is 5.97 Å². The summed E-state index contributed by atoms with van der Waals surface area (Å²) in [6, 6.07) is 0. The highest BCUT2D eigenvalue weighted by atomic mass is 16.5. The summed E-state index contributed by atoms with van der Waals surface area (Å²) in [7, 11) is 0. The molecule has 21 heavy (non-hydrogen) atoms. The molecule has 0 aliphatic carbocycles. The summed E-state index contributed by atoms with van der Waals surface area (Å²) < 4.78 is 4.88. The van der Waals surface area contributed by atoms with Gasteiger partial charge < -0.3 is 10.1 Å². The minimum absolute atomic E-state index is 0.0522. The van der Waals surface area contributed by atoms with Gasteiger partial charge in [-0.25, -0.2) is 0 Å². The summed E-state index contributed by atoms with van der Waals surface area (Å²) in [5, 5.41) is 9.61. The molecule has 0 bridgehead atoms. The Morgan fingerprint density at radius 1 is 1.43 bits per heavy atom. The van der Waals surface area contributed by atoms with Crippen LogP contribution in [-0.4, -0.2) is 53.2 Å². The van der Waals surface area contributed by atoms with Gasteiger partial charge in [0.25, 0.3) is 0 Å². The second-order valence-electron chi connectivity index (χ2n) is 4.62. The van der Waals surface area contributed by atoms with Crippen LogP contribution in [0.15, 0.2) is 12.7 Å². The quantitative estimate of drug-likeness (QED) is 0.552. The number of aromatic amines is 1. The van der Waals surface area contributed by atoms with Crippen molar-refractivity contribution < 1.29 is 14.3 Å². The molecule has 0 fully saturated rings. The molecular weight excluding hydrogens is 272 g/mol. The molecule has 1 rings (SSSR count). The first-order valence-electron chi connectivity index (χ1n) is 6.78. The molecule has 0 radical (unpaired) electrons. The number of hydrogen-bond acceptors (Lipinski definition) is 5. The van der Waals surface area contributed by atoms with E-state index in [-0.39, 0.29) is 25.0 Å². The number of esters is 1. The Balaban J connectivity index is 2.60. The topological polar surface area (TPSA) is 87.3 Å². The van der Waals surface area contributed by atoms with E-state index >= 15 is 0 Å². The van der Waals surface area contributed by atoms with E-state index in [0.717, 1.165) is 11.4 Å². The van der Waals surface area contributed by atoms with Crippen LogP contribution in [-0.2, 0) is 14.3 Å². The van der Waals surface area contributed by atoms with Crippen molar-refractivity contribution in [2.24, 2.45) is 0 Å². The van der Waals surface area contributed by atoms with E-state index in [0.29, 0.717) is 18.8 Å². The molecular formula is C14H22N4O3. The second-order valence-corrected chi connectivity index (χ2v) is 4.62. The molecule has 0 aliphatic rings. The molecule has 1 amide bonds. The van der Waals surface area contributed by atoms with E-state index in [1.807, 2.05) is 6.92 Å². The third kappa shape index (κ3) is 5.39. The fourth-order valence-electron chi connectivity index (χ4n) is 1.87. The number of ether oxygens (including phenoxy) is 1. The SMILES string of the molecule is C=CCN(CC(=O)Nc1c(C)n[nH]c1C)CC(=O)OCC. The van der Waals surface area contributed by atoms with E-state index in [1.54, 1.807) is 24.8 Å². The molecule has 2 N–H and O–H groups in total. The van der Waals surface area contributed by atoms with Gasteiger partial charge in [-0.05, 0) is 20.8 Å². The Bertz CT molecular complexity index is 491. The maximum absolute atomic E-state index is 12.1.